The van der Waals surface area contributed by atoms with Crippen molar-refractivity contribution in [3.05, 3.63) is 48.2 Å². The molecule has 0 spiro atoms. The van der Waals surface area contributed by atoms with E-state index in [1.54, 1.807) is 25.4 Å². The van der Waals surface area contributed by atoms with Gasteiger partial charge < -0.3 is 19.3 Å². The van der Waals surface area contributed by atoms with E-state index in [1.807, 2.05) is 29.2 Å². The van der Waals surface area contributed by atoms with Crippen molar-refractivity contribution in [2.24, 2.45) is 0 Å². The largest absolute Gasteiger partial charge is 0.497 e. The third kappa shape index (κ3) is 3.27. The van der Waals surface area contributed by atoms with E-state index < -0.39 is 0 Å². The molecule has 1 amide bonds. The number of anilines is 1. The number of hydrogen-bond donors (Lipinski definition) is 0. The molecule has 1 fully saturated rings. The van der Waals surface area contributed by atoms with E-state index in [9.17, 15) is 4.79 Å². The summed E-state index contributed by atoms with van der Waals surface area (Å²) in [5.41, 5.74) is 1.65. The summed E-state index contributed by atoms with van der Waals surface area (Å²) >= 11 is 0. The third-order valence-electron chi connectivity index (χ3n) is 4.20. The Morgan fingerprint density at radius 3 is 2.33 bits per heavy atom. The quantitative estimate of drug-likeness (QED) is 0.860. The van der Waals surface area contributed by atoms with E-state index in [2.05, 4.69) is 9.88 Å². The highest BCUT2D eigenvalue weighted by molar-refractivity contribution is 5.96. The lowest BCUT2D eigenvalue weighted by atomic mass is 10.2. The highest BCUT2D eigenvalue weighted by atomic mass is 16.5. The van der Waals surface area contributed by atoms with Crippen LogP contribution in [0.2, 0.25) is 0 Å². The van der Waals surface area contributed by atoms with Crippen LogP contribution in [0.25, 0.3) is 0 Å². The number of rotatable bonds is 4. The van der Waals surface area contributed by atoms with Crippen LogP contribution in [0, 0.1) is 0 Å². The van der Waals surface area contributed by atoms with Gasteiger partial charge in [0.05, 0.1) is 14.2 Å². The van der Waals surface area contributed by atoms with Crippen molar-refractivity contribution >= 4 is 11.6 Å². The number of pyridine rings is 1. The number of piperazine rings is 1. The van der Waals surface area contributed by atoms with Gasteiger partial charge in [-0.1, -0.05) is 0 Å². The second-order valence-corrected chi connectivity index (χ2v) is 5.54. The molecule has 1 aliphatic rings. The minimum atomic E-state index is -0.0330. The molecule has 3 rings (SSSR count). The summed E-state index contributed by atoms with van der Waals surface area (Å²) in [6, 6.07) is 11.5. The molecule has 0 saturated carbocycles. The van der Waals surface area contributed by atoms with E-state index in [4.69, 9.17) is 9.47 Å². The molecule has 1 saturated heterocycles. The number of carbonyl (C=O) groups excluding carboxylic acids is 1. The van der Waals surface area contributed by atoms with Gasteiger partial charge in [0.1, 0.15) is 11.3 Å². The summed E-state index contributed by atoms with van der Waals surface area (Å²) in [4.78, 5) is 20.9. The number of carbonyl (C=O) groups is 1. The number of methoxy groups -OCH3 is 2. The summed E-state index contributed by atoms with van der Waals surface area (Å²) in [5.74, 6) is 1.19. The summed E-state index contributed by atoms with van der Waals surface area (Å²) in [5, 5.41) is 0. The monoisotopic (exact) mass is 327 g/mol. The summed E-state index contributed by atoms with van der Waals surface area (Å²) in [7, 11) is 3.19. The Morgan fingerprint density at radius 1 is 1.00 bits per heavy atom. The lowest BCUT2D eigenvalue weighted by Gasteiger charge is -2.36. The maximum atomic E-state index is 12.7. The van der Waals surface area contributed by atoms with Gasteiger partial charge in [0, 0.05) is 38.1 Å². The molecule has 0 unspecified atom stereocenters. The number of amides is 1. The average molecular weight is 327 g/mol. The topological polar surface area (TPSA) is 54.9 Å². The van der Waals surface area contributed by atoms with Crippen LogP contribution in [0.5, 0.6) is 11.6 Å². The lowest BCUT2D eigenvalue weighted by molar-refractivity contribution is 0.0742. The zero-order valence-corrected chi connectivity index (χ0v) is 13.9. The predicted octanol–water partition coefficient (Wildman–Crippen LogP) is 2.06. The minimum Gasteiger partial charge on any atom is -0.497 e. The molecule has 0 bridgehead atoms. The van der Waals surface area contributed by atoms with Crippen molar-refractivity contribution in [3.8, 4) is 11.6 Å². The van der Waals surface area contributed by atoms with Crippen LogP contribution >= 0.6 is 0 Å². The van der Waals surface area contributed by atoms with Crippen molar-refractivity contribution < 1.29 is 14.3 Å². The molecule has 0 N–H and O–H groups in total. The molecule has 126 valence electrons. The molecular weight excluding hydrogens is 306 g/mol. The van der Waals surface area contributed by atoms with Crippen molar-refractivity contribution in [2.45, 2.75) is 0 Å². The van der Waals surface area contributed by atoms with Gasteiger partial charge >= 0.3 is 0 Å². The van der Waals surface area contributed by atoms with Crippen LogP contribution in [0.4, 0.5) is 5.69 Å². The standard InChI is InChI=1S/C18H21N3O3/c1-23-15-7-5-14(6-8-15)20-10-12-21(13-11-20)18(22)16-4-3-9-19-17(16)24-2/h3-9H,10-13H2,1-2H3. The van der Waals surface area contributed by atoms with Crippen molar-refractivity contribution in [1.82, 2.24) is 9.88 Å². The molecule has 0 atom stereocenters. The second kappa shape index (κ2) is 7.21. The highest BCUT2D eigenvalue weighted by Gasteiger charge is 2.24. The first-order chi connectivity index (χ1) is 11.7. The van der Waals surface area contributed by atoms with Crippen molar-refractivity contribution in [1.29, 1.82) is 0 Å². The molecule has 24 heavy (non-hydrogen) atoms. The fourth-order valence-electron chi connectivity index (χ4n) is 2.85. The normalized spacial score (nSPS) is 14.4. The Kier molecular flexibility index (Phi) is 4.84. The predicted molar refractivity (Wildman–Crippen MR) is 91.9 cm³/mol. The van der Waals surface area contributed by atoms with Gasteiger partial charge in [0.15, 0.2) is 0 Å². The molecular formula is C18H21N3O3. The van der Waals surface area contributed by atoms with Crippen molar-refractivity contribution in [3.63, 3.8) is 0 Å². The zero-order valence-electron chi connectivity index (χ0n) is 13.9. The second-order valence-electron chi connectivity index (χ2n) is 5.54. The molecule has 2 aromatic rings. The smallest absolute Gasteiger partial charge is 0.259 e. The van der Waals surface area contributed by atoms with Crippen LogP contribution in [-0.2, 0) is 0 Å². The molecule has 2 heterocycles. The van der Waals surface area contributed by atoms with E-state index >= 15 is 0 Å². The molecule has 1 aromatic heterocycles. The molecule has 0 aliphatic carbocycles. The summed E-state index contributed by atoms with van der Waals surface area (Å²) in [6.07, 6.45) is 1.62. The number of benzene rings is 1. The number of ether oxygens (including phenoxy) is 2. The maximum Gasteiger partial charge on any atom is 0.259 e. The summed E-state index contributed by atoms with van der Waals surface area (Å²) in [6.45, 7) is 2.92. The third-order valence-corrected chi connectivity index (χ3v) is 4.20. The fraction of sp³-hybridized carbons (Fsp3) is 0.333. The van der Waals surface area contributed by atoms with Gasteiger partial charge in [-0.3, -0.25) is 4.79 Å². The molecule has 6 heteroatoms. The SMILES string of the molecule is COc1ccc(N2CCN(C(=O)c3cccnc3OC)CC2)cc1. The first kappa shape index (κ1) is 16.1. The lowest BCUT2D eigenvalue weighted by Crippen LogP contribution is -2.48. The number of nitrogens with zero attached hydrogens (tertiary/aromatic N) is 3. The number of hydrogen-bond acceptors (Lipinski definition) is 5. The van der Waals surface area contributed by atoms with E-state index in [0.717, 1.165) is 24.5 Å². The molecule has 1 aromatic carbocycles. The van der Waals surface area contributed by atoms with E-state index in [0.29, 0.717) is 24.5 Å². The first-order valence-electron chi connectivity index (χ1n) is 7.90. The Morgan fingerprint density at radius 2 is 1.71 bits per heavy atom. The van der Waals surface area contributed by atoms with Crippen molar-refractivity contribution in [2.75, 3.05) is 45.3 Å². The maximum absolute atomic E-state index is 12.7. The van der Waals surface area contributed by atoms with Gasteiger partial charge in [-0.2, -0.15) is 0 Å². The van der Waals surface area contributed by atoms with Crippen LogP contribution in [0.15, 0.2) is 42.6 Å². The van der Waals surface area contributed by atoms with Gasteiger partial charge in [-0.05, 0) is 36.4 Å². The Hall–Kier alpha value is -2.76. The van der Waals surface area contributed by atoms with E-state index in [1.165, 1.54) is 7.11 Å². The highest BCUT2D eigenvalue weighted by Crippen LogP contribution is 2.22. The number of aromatic nitrogens is 1. The Labute approximate surface area is 141 Å². The van der Waals surface area contributed by atoms with Gasteiger partial charge in [0.2, 0.25) is 5.88 Å². The molecule has 6 nitrogen and oxygen atoms in total. The molecule has 0 radical (unpaired) electrons. The first-order valence-corrected chi connectivity index (χ1v) is 7.90. The summed E-state index contributed by atoms with van der Waals surface area (Å²) < 4.78 is 10.4. The minimum absolute atomic E-state index is 0.0330. The Bertz CT molecular complexity index is 695. The van der Waals surface area contributed by atoms with Crippen LogP contribution < -0.4 is 14.4 Å². The fourth-order valence-corrected chi connectivity index (χ4v) is 2.85. The van der Waals surface area contributed by atoms with Crippen LogP contribution in [0.3, 0.4) is 0 Å². The van der Waals surface area contributed by atoms with Crippen LogP contribution in [-0.4, -0.2) is 56.2 Å². The van der Waals surface area contributed by atoms with Gasteiger partial charge in [-0.25, -0.2) is 4.98 Å². The zero-order chi connectivity index (χ0) is 16.9. The molecule has 1 aliphatic heterocycles. The average Bonchev–Trinajstić information content (AvgIpc) is 2.67. The van der Waals surface area contributed by atoms with E-state index in [-0.39, 0.29) is 5.91 Å². The van der Waals surface area contributed by atoms with Gasteiger partial charge in [-0.15, -0.1) is 0 Å². The van der Waals surface area contributed by atoms with Crippen LogP contribution in [0.1, 0.15) is 10.4 Å². The van der Waals surface area contributed by atoms with Gasteiger partial charge in [0.25, 0.3) is 5.91 Å². The Balaban J connectivity index is 1.65.